The highest BCUT2D eigenvalue weighted by Crippen LogP contribution is 2.24. The Kier molecular flexibility index (Phi) is 5.50. The lowest BCUT2D eigenvalue weighted by Crippen LogP contribution is -2.37. The van der Waals surface area contributed by atoms with Crippen LogP contribution in [0.1, 0.15) is 11.1 Å². The highest BCUT2D eigenvalue weighted by molar-refractivity contribution is 7.99. The van der Waals surface area contributed by atoms with Crippen LogP contribution in [-0.4, -0.2) is 48.6 Å². The molecule has 0 atom stereocenters. The Morgan fingerprint density at radius 3 is 2.83 bits per heavy atom. The van der Waals surface area contributed by atoms with Gasteiger partial charge < -0.3 is 9.84 Å². The number of ether oxygens (including phenoxy) is 1. The summed E-state index contributed by atoms with van der Waals surface area (Å²) in [5, 5.41) is 9.24. The van der Waals surface area contributed by atoms with Crippen LogP contribution in [-0.2, 0) is 11.3 Å². The van der Waals surface area contributed by atoms with Gasteiger partial charge in [-0.1, -0.05) is 12.1 Å². The van der Waals surface area contributed by atoms with Crippen molar-refractivity contribution in [3.05, 3.63) is 29.3 Å². The van der Waals surface area contributed by atoms with Gasteiger partial charge in [0.15, 0.2) is 0 Å². The molecule has 1 saturated heterocycles. The molecule has 1 aromatic rings. The third-order valence-corrected chi connectivity index (χ3v) is 4.48. The molecule has 0 spiro atoms. The minimum absolute atomic E-state index is 0.129. The molecule has 1 aromatic carbocycles. The van der Waals surface area contributed by atoms with Gasteiger partial charge in [-0.2, -0.15) is 0 Å². The van der Waals surface area contributed by atoms with E-state index in [2.05, 4.69) is 17.9 Å². The van der Waals surface area contributed by atoms with Gasteiger partial charge in [0.2, 0.25) is 0 Å². The lowest BCUT2D eigenvalue weighted by molar-refractivity contribution is 0.0410. The predicted molar refractivity (Wildman–Crippen MR) is 75.1 cm³/mol. The van der Waals surface area contributed by atoms with E-state index >= 15 is 0 Å². The van der Waals surface area contributed by atoms with E-state index in [1.54, 1.807) is 0 Å². The van der Waals surface area contributed by atoms with Gasteiger partial charge in [-0.25, -0.2) is 0 Å². The summed E-state index contributed by atoms with van der Waals surface area (Å²) in [5.74, 6) is 1.09. The van der Waals surface area contributed by atoms with Gasteiger partial charge in [-0.05, 0) is 24.1 Å². The number of aliphatic hydroxyl groups excluding tert-OH is 1. The number of benzene rings is 1. The molecule has 1 aliphatic heterocycles. The minimum atomic E-state index is 0.129. The smallest absolute Gasteiger partial charge is 0.0684 e. The Morgan fingerprint density at radius 2 is 2.11 bits per heavy atom. The summed E-state index contributed by atoms with van der Waals surface area (Å²) in [6.45, 7) is 7.16. The molecule has 1 heterocycles. The van der Waals surface area contributed by atoms with Crippen LogP contribution >= 0.6 is 11.8 Å². The van der Waals surface area contributed by atoms with Crippen LogP contribution in [0.5, 0.6) is 0 Å². The molecule has 0 unspecified atom stereocenters. The maximum absolute atomic E-state index is 9.24. The molecule has 0 aromatic heterocycles. The number of hydrogen-bond acceptors (Lipinski definition) is 4. The fourth-order valence-corrected chi connectivity index (χ4v) is 3.19. The molecule has 0 bridgehead atoms. The van der Waals surface area contributed by atoms with Gasteiger partial charge in [-0.15, -0.1) is 11.8 Å². The molecule has 3 nitrogen and oxygen atoms in total. The first-order valence-electron chi connectivity index (χ1n) is 6.43. The summed E-state index contributed by atoms with van der Waals surface area (Å²) in [5.41, 5.74) is 2.25. The average molecular weight is 267 g/mol. The normalized spacial score (nSPS) is 17.0. The van der Waals surface area contributed by atoms with E-state index in [4.69, 9.17) is 4.74 Å². The molecule has 4 heteroatoms. The second kappa shape index (κ2) is 7.14. The highest BCUT2D eigenvalue weighted by atomic mass is 32.2. The fraction of sp³-hybridized carbons (Fsp3) is 0.571. The molecule has 0 aliphatic carbocycles. The highest BCUT2D eigenvalue weighted by Gasteiger charge is 2.10. The Bertz CT molecular complexity index is 378. The zero-order chi connectivity index (χ0) is 12.8. The monoisotopic (exact) mass is 267 g/mol. The van der Waals surface area contributed by atoms with Crippen molar-refractivity contribution in [1.82, 2.24) is 4.90 Å². The Labute approximate surface area is 113 Å². The van der Waals surface area contributed by atoms with E-state index in [0.717, 1.165) is 44.2 Å². The number of rotatable bonds is 5. The zero-order valence-corrected chi connectivity index (χ0v) is 11.7. The zero-order valence-electron chi connectivity index (χ0n) is 10.9. The second-order valence-electron chi connectivity index (χ2n) is 4.50. The average Bonchev–Trinajstić information content (AvgIpc) is 2.42. The topological polar surface area (TPSA) is 32.7 Å². The molecule has 100 valence electrons. The summed E-state index contributed by atoms with van der Waals surface area (Å²) in [7, 11) is 0. The number of morpholine rings is 1. The fourth-order valence-electron chi connectivity index (χ4n) is 2.10. The predicted octanol–water partition coefficient (Wildman–Crippen LogP) is 1.91. The number of thioether (sulfide) groups is 1. The first kappa shape index (κ1) is 13.9. The van der Waals surface area contributed by atoms with Crippen molar-refractivity contribution in [1.29, 1.82) is 0 Å². The van der Waals surface area contributed by atoms with Crippen LogP contribution in [0, 0.1) is 6.92 Å². The first-order valence-corrected chi connectivity index (χ1v) is 7.42. The molecular weight excluding hydrogens is 246 g/mol. The van der Waals surface area contributed by atoms with Crippen LogP contribution in [0.4, 0.5) is 0 Å². The van der Waals surface area contributed by atoms with Crippen molar-refractivity contribution in [3.8, 4) is 0 Å². The quantitative estimate of drug-likeness (QED) is 0.826. The van der Waals surface area contributed by atoms with Gasteiger partial charge in [-0.3, -0.25) is 4.90 Å². The van der Waals surface area contributed by atoms with Gasteiger partial charge in [0.1, 0.15) is 0 Å². The number of aliphatic hydroxyl groups is 1. The Balaban J connectivity index is 1.82. The van der Waals surface area contributed by atoms with Crippen LogP contribution < -0.4 is 0 Å². The molecule has 2 rings (SSSR count). The third-order valence-electron chi connectivity index (χ3n) is 3.34. The summed E-state index contributed by atoms with van der Waals surface area (Å²) >= 11 is 1.88. The number of nitrogens with zero attached hydrogens (tertiary/aromatic N) is 1. The van der Waals surface area contributed by atoms with Crippen LogP contribution in [0.25, 0.3) is 0 Å². The van der Waals surface area contributed by atoms with Crippen molar-refractivity contribution in [2.45, 2.75) is 18.4 Å². The van der Waals surface area contributed by atoms with E-state index < -0.39 is 0 Å². The van der Waals surface area contributed by atoms with Crippen molar-refractivity contribution in [2.75, 3.05) is 38.6 Å². The van der Waals surface area contributed by atoms with Crippen LogP contribution in [0.3, 0.4) is 0 Å². The van der Waals surface area contributed by atoms with Crippen molar-refractivity contribution < 1.29 is 9.84 Å². The SMILES string of the molecule is Cc1c(CO)cccc1SCCN1CCOCC1. The first-order chi connectivity index (χ1) is 8.81. The van der Waals surface area contributed by atoms with Crippen molar-refractivity contribution in [3.63, 3.8) is 0 Å². The molecule has 1 aliphatic rings. The lowest BCUT2D eigenvalue weighted by Gasteiger charge is -2.26. The van der Waals surface area contributed by atoms with Gasteiger partial charge in [0.05, 0.1) is 19.8 Å². The van der Waals surface area contributed by atoms with E-state index in [1.165, 1.54) is 10.5 Å². The number of hydrogen-bond donors (Lipinski definition) is 1. The van der Waals surface area contributed by atoms with E-state index in [1.807, 2.05) is 23.9 Å². The van der Waals surface area contributed by atoms with Gasteiger partial charge in [0.25, 0.3) is 0 Å². The van der Waals surface area contributed by atoms with Gasteiger partial charge in [0, 0.05) is 30.3 Å². The van der Waals surface area contributed by atoms with E-state index in [-0.39, 0.29) is 6.61 Å². The van der Waals surface area contributed by atoms with Crippen LogP contribution in [0.15, 0.2) is 23.1 Å². The molecule has 0 radical (unpaired) electrons. The van der Waals surface area contributed by atoms with E-state index in [9.17, 15) is 5.11 Å². The largest absolute Gasteiger partial charge is 0.392 e. The standard InChI is InChI=1S/C14H21NO2S/c1-12-13(11-16)3-2-4-14(12)18-10-7-15-5-8-17-9-6-15/h2-4,16H,5-11H2,1H3. The van der Waals surface area contributed by atoms with Gasteiger partial charge >= 0.3 is 0 Å². The lowest BCUT2D eigenvalue weighted by atomic mass is 10.1. The molecule has 18 heavy (non-hydrogen) atoms. The molecule has 0 saturated carbocycles. The summed E-state index contributed by atoms with van der Waals surface area (Å²) < 4.78 is 5.34. The second-order valence-corrected chi connectivity index (χ2v) is 5.64. The molecule has 0 amide bonds. The molecular formula is C14H21NO2S. The maximum Gasteiger partial charge on any atom is 0.0684 e. The minimum Gasteiger partial charge on any atom is -0.392 e. The Hall–Kier alpha value is -0.550. The molecule has 1 N–H and O–H groups in total. The van der Waals surface area contributed by atoms with Crippen molar-refractivity contribution >= 4 is 11.8 Å². The maximum atomic E-state index is 9.24. The summed E-state index contributed by atoms with van der Waals surface area (Å²) in [6, 6.07) is 6.15. The summed E-state index contributed by atoms with van der Waals surface area (Å²) in [6.07, 6.45) is 0. The Morgan fingerprint density at radius 1 is 1.33 bits per heavy atom. The summed E-state index contributed by atoms with van der Waals surface area (Å²) in [4.78, 5) is 3.73. The van der Waals surface area contributed by atoms with E-state index in [0.29, 0.717) is 0 Å². The third kappa shape index (κ3) is 3.72. The molecule has 1 fully saturated rings. The van der Waals surface area contributed by atoms with Crippen molar-refractivity contribution in [2.24, 2.45) is 0 Å². The van der Waals surface area contributed by atoms with Crippen LogP contribution in [0.2, 0.25) is 0 Å².